The van der Waals surface area contributed by atoms with Crippen LogP contribution in [0.5, 0.6) is 0 Å². The number of alkyl carbamates (subject to hydrolysis) is 1. The zero-order chi connectivity index (χ0) is 30.7. The van der Waals surface area contributed by atoms with E-state index in [1.165, 1.54) is 10.4 Å². The molecule has 0 aliphatic carbocycles. The number of fused-ring (bicyclic) bond motifs is 2. The molecule has 2 unspecified atom stereocenters. The van der Waals surface area contributed by atoms with Gasteiger partial charge in [-0.3, -0.25) is 0 Å². The van der Waals surface area contributed by atoms with Crippen LogP contribution in [0.3, 0.4) is 0 Å². The Hall–Kier alpha value is -2.52. The van der Waals surface area contributed by atoms with E-state index in [-0.39, 0.29) is 55.7 Å². The third-order valence-electron chi connectivity index (χ3n) is 7.82. The van der Waals surface area contributed by atoms with Crippen LogP contribution in [-0.4, -0.2) is 74.8 Å². The second kappa shape index (κ2) is 13.6. The number of amides is 1. The highest BCUT2D eigenvalue weighted by molar-refractivity contribution is 9.10. The predicted molar refractivity (Wildman–Crippen MR) is 163 cm³/mol. The van der Waals surface area contributed by atoms with E-state index in [0.29, 0.717) is 27.8 Å². The second-order valence-corrected chi connectivity index (χ2v) is 14.1. The molecule has 11 nitrogen and oxygen atoms in total. The molecule has 234 valence electrons. The van der Waals surface area contributed by atoms with Crippen molar-refractivity contribution in [3.05, 3.63) is 64.3 Å². The fourth-order valence-corrected chi connectivity index (χ4v) is 7.83. The number of sulfonamides is 1. The summed E-state index contributed by atoms with van der Waals surface area (Å²) >= 11 is 3.34. The number of furan rings is 1. The summed E-state index contributed by atoms with van der Waals surface area (Å²) in [7, 11) is -4.06. The minimum atomic E-state index is -4.06. The molecule has 3 heterocycles. The number of rotatable bonds is 12. The van der Waals surface area contributed by atoms with Gasteiger partial charge in [-0.25, -0.2) is 13.2 Å². The first-order valence-corrected chi connectivity index (χ1v) is 16.6. The van der Waals surface area contributed by atoms with Crippen molar-refractivity contribution in [2.75, 3.05) is 26.3 Å². The van der Waals surface area contributed by atoms with Gasteiger partial charge in [0.05, 0.1) is 36.2 Å². The van der Waals surface area contributed by atoms with E-state index in [9.17, 15) is 18.3 Å². The van der Waals surface area contributed by atoms with Crippen molar-refractivity contribution in [2.45, 2.75) is 62.7 Å². The van der Waals surface area contributed by atoms with Crippen LogP contribution < -0.4 is 11.1 Å². The standard InChI is InChI=1S/C30H38BrN3O8S/c1-18(2)15-34(43(37,38)20-8-9-26-22(13-20)23(14-32)28(31)41-26)16-25(35)24(12-19-6-4-3-5-7-19)33-30(36)42-27-17-40-29-21(27)10-11-39-29/h3-9,13,18,21,24-25,27,29,35H,10-12,14-17,32H2,1-2H3,(H,33,36)/t21?,24-,25+,27-,29?/m0/s1. The zero-order valence-electron chi connectivity index (χ0n) is 24.1. The summed E-state index contributed by atoms with van der Waals surface area (Å²) in [6, 6.07) is 13.1. The average molecular weight is 681 g/mol. The van der Waals surface area contributed by atoms with Gasteiger partial charge in [0, 0.05) is 30.6 Å². The molecule has 4 N–H and O–H groups in total. The molecular weight excluding hydrogens is 642 g/mol. The molecule has 43 heavy (non-hydrogen) atoms. The van der Waals surface area contributed by atoms with Gasteiger partial charge in [-0.1, -0.05) is 44.2 Å². The number of benzene rings is 2. The maximum Gasteiger partial charge on any atom is 0.407 e. The van der Waals surface area contributed by atoms with Crippen LogP contribution in [0.25, 0.3) is 11.0 Å². The molecule has 13 heteroatoms. The minimum absolute atomic E-state index is 0.0390. The van der Waals surface area contributed by atoms with Crippen LogP contribution >= 0.6 is 15.9 Å². The number of halogens is 1. The summed E-state index contributed by atoms with van der Waals surface area (Å²) < 4.78 is 52.2. The van der Waals surface area contributed by atoms with Crippen molar-refractivity contribution in [1.29, 1.82) is 0 Å². The molecule has 0 saturated carbocycles. The highest BCUT2D eigenvalue weighted by atomic mass is 79.9. The topological polar surface area (TPSA) is 154 Å². The zero-order valence-corrected chi connectivity index (χ0v) is 26.6. The quantitative estimate of drug-likeness (QED) is 0.260. The highest BCUT2D eigenvalue weighted by Gasteiger charge is 2.44. The van der Waals surface area contributed by atoms with E-state index in [1.54, 1.807) is 12.1 Å². The highest BCUT2D eigenvalue weighted by Crippen LogP contribution is 2.34. The van der Waals surface area contributed by atoms with E-state index in [1.807, 2.05) is 44.2 Å². The molecule has 3 aromatic rings. The molecule has 2 saturated heterocycles. The average Bonchev–Trinajstić information content (AvgIpc) is 3.67. The van der Waals surface area contributed by atoms with E-state index in [2.05, 4.69) is 21.2 Å². The molecule has 0 spiro atoms. The number of nitrogens with two attached hydrogens (primary N) is 1. The van der Waals surface area contributed by atoms with Gasteiger partial charge in [0.15, 0.2) is 11.0 Å². The number of nitrogens with one attached hydrogen (secondary N) is 1. The molecule has 0 bridgehead atoms. The summed E-state index contributed by atoms with van der Waals surface area (Å²) in [6.07, 6.45) is -1.80. The Morgan fingerprint density at radius 3 is 2.67 bits per heavy atom. The molecule has 2 aromatic carbocycles. The van der Waals surface area contributed by atoms with Gasteiger partial charge in [-0.15, -0.1) is 0 Å². The number of hydrogen-bond donors (Lipinski definition) is 3. The van der Waals surface area contributed by atoms with Gasteiger partial charge in [-0.05, 0) is 58.5 Å². The first kappa shape index (κ1) is 31.9. The smallest absolute Gasteiger partial charge is 0.407 e. The molecule has 5 rings (SSSR count). The Labute approximate surface area is 259 Å². The van der Waals surface area contributed by atoms with Gasteiger partial charge < -0.3 is 34.8 Å². The molecule has 2 aliphatic heterocycles. The van der Waals surface area contributed by atoms with Crippen molar-refractivity contribution < 1.29 is 36.9 Å². The normalized spacial score (nSPS) is 21.8. The van der Waals surface area contributed by atoms with Gasteiger partial charge in [-0.2, -0.15) is 4.31 Å². The Balaban J connectivity index is 1.37. The first-order chi connectivity index (χ1) is 20.6. The summed E-state index contributed by atoms with van der Waals surface area (Å²) in [5.41, 5.74) is 7.92. The van der Waals surface area contributed by atoms with Crippen molar-refractivity contribution in [3.8, 4) is 0 Å². The Morgan fingerprint density at radius 2 is 1.95 bits per heavy atom. The summed E-state index contributed by atoms with van der Waals surface area (Å²) in [5, 5.41) is 14.9. The van der Waals surface area contributed by atoms with Gasteiger partial charge in [0.1, 0.15) is 11.7 Å². The van der Waals surface area contributed by atoms with Crippen LogP contribution in [0.4, 0.5) is 4.79 Å². The molecule has 0 radical (unpaired) electrons. The van der Waals surface area contributed by atoms with Crippen molar-refractivity contribution >= 4 is 43.0 Å². The second-order valence-electron chi connectivity index (χ2n) is 11.4. The lowest BCUT2D eigenvalue weighted by Crippen LogP contribution is -2.51. The summed E-state index contributed by atoms with van der Waals surface area (Å²) in [4.78, 5) is 13.1. The summed E-state index contributed by atoms with van der Waals surface area (Å²) in [6.45, 7) is 4.65. The number of nitrogens with zero attached hydrogens (tertiary/aromatic N) is 1. The molecular formula is C30H38BrN3O8S. The Bertz CT molecular complexity index is 1520. The lowest BCUT2D eigenvalue weighted by atomic mass is 10.0. The van der Waals surface area contributed by atoms with Crippen LogP contribution in [0, 0.1) is 11.8 Å². The molecule has 1 aromatic heterocycles. The van der Waals surface area contributed by atoms with Crippen LogP contribution in [-0.2, 0) is 37.2 Å². The van der Waals surface area contributed by atoms with Crippen molar-refractivity contribution in [3.63, 3.8) is 0 Å². The number of carbonyl (C=O) groups excluding carboxylic acids is 1. The fraction of sp³-hybridized carbons (Fsp3) is 0.500. The van der Waals surface area contributed by atoms with E-state index < -0.39 is 34.4 Å². The monoisotopic (exact) mass is 679 g/mol. The number of hydrogen-bond acceptors (Lipinski definition) is 9. The SMILES string of the molecule is CC(C)CN(C[C@@H](O)[C@H](Cc1ccccc1)NC(=O)O[C@H]1COC2OCCC21)S(=O)(=O)c1ccc2oc(Br)c(CN)c2c1. The number of ether oxygens (including phenoxy) is 3. The van der Waals surface area contributed by atoms with Crippen LogP contribution in [0.2, 0.25) is 0 Å². The van der Waals surface area contributed by atoms with E-state index >= 15 is 0 Å². The maximum absolute atomic E-state index is 14.0. The third-order valence-corrected chi connectivity index (χ3v) is 10.3. The molecule has 5 atom stereocenters. The fourth-order valence-electron chi connectivity index (χ4n) is 5.63. The Morgan fingerprint density at radius 1 is 1.19 bits per heavy atom. The lowest BCUT2D eigenvalue weighted by Gasteiger charge is -2.31. The maximum atomic E-state index is 14.0. The molecule has 2 fully saturated rings. The number of aliphatic hydroxyl groups is 1. The van der Waals surface area contributed by atoms with Crippen molar-refractivity contribution in [1.82, 2.24) is 9.62 Å². The number of aliphatic hydroxyl groups excluding tert-OH is 1. The molecule has 1 amide bonds. The lowest BCUT2D eigenvalue weighted by molar-refractivity contribution is -0.0907. The third kappa shape index (κ3) is 7.25. The van der Waals surface area contributed by atoms with Crippen LogP contribution in [0.15, 0.2) is 62.5 Å². The minimum Gasteiger partial charge on any atom is -0.449 e. The largest absolute Gasteiger partial charge is 0.449 e. The predicted octanol–water partition coefficient (Wildman–Crippen LogP) is 3.76. The van der Waals surface area contributed by atoms with E-state index in [0.717, 1.165) is 12.0 Å². The van der Waals surface area contributed by atoms with Gasteiger partial charge in [0.2, 0.25) is 10.0 Å². The van der Waals surface area contributed by atoms with Crippen LogP contribution in [0.1, 0.15) is 31.4 Å². The first-order valence-electron chi connectivity index (χ1n) is 14.4. The number of carbonyl (C=O) groups is 1. The van der Waals surface area contributed by atoms with Gasteiger partial charge in [0.25, 0.3) is 0 Å². The van der Waals surface area contributed by atoms with Gasteiger partial charge >= 0.3 is 6.09 Å². The van der Waals surface area contributed by atoms with Crippen molar-refractivity contribution in [2.24, 2.45) is 17.6 Å². The summed E-state index contributed by atoms with van der Waals surface area (Å²) in [5.74, 6) is -0.0780. The molecule has 2 aliphatic rings. The Kier molecular flexibility index (Phi) is 10.1. The van der Waals surface area contributed by atoms with E-state index in [4.69, 9.17) is 24.4 Å².